The van der Waals surface area contributed by atoms with Gasteiger partial charge in [-0.05, 0) is 37.3 Å². The third kappa shape index (κ3) is 6.89. The second-order valence-electron chi connectivity index (χ2n) is 7.66. The number of carbonyl (C=O) groups is 1. The fraction of sp³-hybridized carbons (Fsp3) is 0.542. The number of nitrogens with one attached hydrogen (secondary N) is 1. The first-order valence-electron chi connectivity index (χ1n) is 10.6. The number of hydrogen-bond acceptors (Lipinski definition) is 1. The summed E-state index contributed by atoms with van der Waals surface area (Å²) in [6, 6.07) is 10.3. The molecular weight excluding hydrogens is 334 g/mol. The van der Waals surface area contributed by atoms with Crippen molar-refractivity contribution in [1.29, 1.82) is 0 Å². The van der Waals surface area contributed by atoms with Crippen LogP contribution in [-0.2, 0) is 11.2 Å². The highest BCUT2D eigenvalue weighted by atomic mass is 16.4. The van der Waals surface area contributed by atoms with E-state index in [1.807, 2.05) is 24.4 Å². The van der Waals surface area contributed by atoms with Crippen LogP contribution in [0.25, 0.3) is 11.1 Å². The number of aromatic nitrogens is 1. The standard InChI is InChI=1S/C24H35NO2/c1-3-4-5-6-7-8-10-15-21(24(26)27)16-17-22-19(2)25-18-23(22)20-13-11-9-12-14-20/h9,11-14,18,21,25H,3-8,10,15-17H2,1-2H3,(H,26,27). The van der Waals surface area contributed by atoms with Gasteiger partial charge >= 0.3 is 5.97 Å². The van der Waals surface area contributed by atoms with E-state index in [0.29, 0.717) is 6.42 Å². The van der Waals surface area contributed by atoms with Crippen LogP contribution in [0.15, 0.2) is 36.5 Å². The van der Waals surface area contributed by atoms with Crippen molar-refractivity contribution in [2.75, 3.05) is 0 Å². The third-order valence-electron chi connectivity index (χ3n) is 5.54. The Labute approximate surface area is 164 Å². The number of aliphatic carboxylic acids is 1. The van der Waals surface area contributed by atoms with Gasteiger partial charge in [-0.2, -0.15) is 0 Å². The number of aromatic amines is 1. The fourth-order valence-electron chi connectivity index (χ4n) is 3.81. The molecule has 0 bridgehead atoms. The Kier molecular flexibility index (Phi) is 9.17. The minimum absolute atomic E-state index is 0.237. The summed E-state index contributed by atoms with van der Waals surface area (Å²) in [5.74, 6) is -0.881. The summed E-state index contributed by atoms with van der Waals surface area (Å²) >= 11 is 0. The van der Waals surface area contributed by atoms with Crippen LogP contribution in [0, 0.1) is 12.8 Å². The zero-order chi connectivity index (χ0) is 19.5. The van der Waals surface area contributed by atoms with E-state index in [4.69, 9.17) is 0 Å². The quantitative estimate of drug-likeness (QED) is 0.383. The predicted molar refractivity (Wildman–Crippen MR) is 113 cm³/mol. The first-order chi connectivity index (χ1) is 13.1. The lowest BCUT2D eigenvalue weighted by atomic mass is 9.91. The molecule has 27 heavy (non-hydrogen) atoms. The molecule has 0 radical (unpaired) electrons. The van der Waals surface area contributed by atoms with Crippen molar-refractivity contribution in [2.24, 2.45) is 5.92 Å². The van der Waals surface area contributed by atoms with Crippen LogP contribution < -0.4 is 0 Å². The molecule has 2 rings (SSSR count). The summed E-state index contributed by atoms with van der Waals surface area (Å²) in [5.41, 5.74) is 4.80. The van der Waals surface area contributed by atoms with Crippen LogP contribution in [0.2, 0.25) is 0 Å². The van der Waals surface area contributed by atoms with Crippen molar-refractivity contribution in [3.63, 3.8) is 0 Å². The molecule has 0 aliphatic rings. The van der Waals surface area contributed by atoms with Crippen LogP contribution >= 0.6 is 0 Å². The van der Waals surface area contributed by atoms with Crippen LogP contribution in [0.1, 0.15) is 76.0 Å². The number of rotatable bonds is 13. The van der Waals surface area contributed by atoms with E-state index in [0.717, 1.165) is 31.4 Å². The van der Waals surface area contributed by atoms with Gasteiger partial charge in [-0.25, -0.2) is 0 Å². The Balaban J connectivity index is 1.86. The van der Waals surface area contributed by atoms with Gasteiger partial charge in [0, 0.05) is 17.5 Å². The molecule has 2 aromatic rings. The first-order valence-corrected chi connectivity index (χ1v) is 10.6. The SMILES string of the molecule is CCCCCCCCCC(CCc1c(-c2ccccc2)c[nH]c1C)C(=O)O. The van der Waals surface area contributed by atoms with Gasteiger partial charge in [0.25, 0.3) is 0 Å². The molecule has 3 nitrogen and oxygen atoms in total. The van der Waals surface area contributed by atoms with Gasteiger partial charge < -0.3 is 10.1 Å². The maximum absolute atomic E-state index is 11.7. The van der Waals surface area contributed by atoms with Gasteiger partial charge in [0.05, 0.1) is 5.92 Å². The van der Waals surface area contributed by atoms with Gasteiger partial charge in [-0.1, -0.05) is 82.2 Å². The summed E-state index contributed by atoms with van der Waals surface area (Å²) < 4.78 is 0. The number of carboxylic acid groups (broad SMARTS) is 1. The Bertz CT molecular complexity index is 675. The first kappa shape index (κ1) is 21.3. The van der Waals surface area contributed by atoms with Crippen molar-refractivity contribution in [3.8, 4) is 11.1 Å². The Morgan fingerprint density at radius 2 is 1.67 bits per heavy atom. The third-order valence-corrected chi connectivity index (χ3v) is 5.54. The van der Waals surface area contributed by atoms with Gasteiger partial charge in [0.2, 0.25) is 0 Å². The molecule has 1 aromatic heterocycles. The Morgan fingerprint density at radius 1 is 1.00 bits per heavy atom. The van der Waals surface area contributed by atoms with Crippen LogP contribution in [0.4, 0.5) is 0 Å². The zero-order valence-corrected chi connectivity index (χ0v) is 17.0. The molecule has 0 saturated carbocycles. The summed E-state index contributed by atoms with van der Waals surface area (Å²) in [4.78, 5) is 15.0. The Hall–Kier alpha value is -2.03. The molecule has 0 aliphatic carbocycles. The van der Waals surface area contributed by atoms with Gasteiger partial charge in [-0.15, -0.1) is 0 Å². The smallest absolute Gasteiger partial charge is 0.306 e. The number of carboxylic acids is 1. The molecule has 0 fully saturated rings. The average Bonchev–Trinajstić information content (AvgIpc) is 3.04. The summed E-state index contributed by atoms with van der Waals surface area (Å²) in [5, 5.41) is 9.62. The number of aryl methyl sites for hydroxylation is 1. The van der Waals surface area contributed by atoms with Crippen molar-refractivity contribution in [1.82, 2.24) is 4.98 Å². The minimum Gasteiger partial charge on any atom is -0.481 e. The number of H-pyrrole nitrogens is 1. The van der Waals surface area contributed by atoms with Crippen molar-refractivity contribution in [2.45, 2.75) is 78.1 Å². The maximum atomic E-state index is 11.7. The number of unbranched alkanes of at least 4 members (excludes halogenated alkanes) is 6. The lowest BCUT2D eigenvalue weighted by Crippen LogP contribution is -2.15. The molecule has 1 atom stereocenters. The largest absolute Gasteiger partial charge is 0.481 e. The van der Waals surface area contributed by atoms with Crippen molar-refractivity contribution in [3.05, 3.63) is 47.8 Å². The molecule has 0 amide bonds. The number of hydrogen-bond donors (Lipinski definition) is 2. The molecule has 148 valence electrons. The highest BCUT2D eigenvalue weighted by Crippen LogP contribution is 2.29. The fourth-order valence-corrected chi connectivity index (χ4v) is 3.81. The molecule has 0 saturated heterocycles. The molecule has 0 aliphatic heterocycles. The van der Waals surface area contributed by atoms with E-state index in [1.165, 1.54) is 48.8 Å². The predicted octanol–water partition coefficient (Wildman–Crippen LogP) is 6.76. The van der Waals surface area contributed by atoms with E-state index in [1.54, 1.807) is 0 Å². The van der Waals surface area contributed by atoms with Crippen LogP contribution in [0.5, 0.6) is 0 Å². The molecule has 2 N–H and O–H groups in total. The summed E-state index contributed by atoms with van der Waals surface area (Å²) in [6.07, 6.45) is 13.0. The van der Waals surface area contributed by atoms with Gasteiger partial charge in [0.15, 0.2) is 0 Å². The molecule has 3 heteroatoms. The summed E-state index contributed by atoms with van der Waals surface area (Å²) in [7, 11) is 0. The monoisotopic (exact) mass is 369 g/mol. The second-order valence-corrected chi connectivity index (χ2v) is 7.66. The van der Waals surface area contributed by atoms with Crippen LogP contribution in [-0.4, -0.2) is 16.1 Å². The minimum atomic E-state index is -0.643. The highest BCUT2D eigenvalue weighted by Gasteiger charge is 2.19. The van der Waals surface area contributed by atoms with E-state index >= 15 is 0 Å². The summed E-state index contributed by atoms with van der Waals surface area (Å²) in [6.45, 7) is 4.31. The van der Waals surface area contributed by atoms with E-state index < -0.39 is 5.97 Å². The van der Waals surface area contributed by atoms with Gasteiger partial charge in [-0.3, -0.25) is 4.79 Å². The molecule has 1 heterocycles. The van der Waals surface area contributed by atoms with Crippen LogP contribution in [0.3, 0.4) is 0 Å². The second kappa shape index (κ2) is 11.6. The number of benzene rings is 1. The topological polar surface area (TPSA) is 53.1 Å². The normalized spacial score (nSPS) is 12.2. The molecule has 0 spiro atoms. The molecular formula is C24H35NO2. The highest BCUT2D eigenvalue weighted by molar-refractivity contribution is 5.71. The average molecular weight is 370 g/mol. The van der Waals surface area contributed by atoms with E-state index in [2.05, 4.69) is 31.0 Å². The lowest BCUT2D eigenvalue weighted by molar-refractivity contribution is -0.142. The van der Waals surface area contributed by atoms with Crippen molar-refractivity contribution < 1.29 is 9.90 Å². The molecule has 1 aromatic carbocycles. The van der Waals surface area contributed by atoms with E-state index in [9.17, 15) is 9.90 Å². The van der Waals surface area contributed by atoms with Gasteiger partial charge in [0.1, 0.15) is 0 Å². The zero-order valence-electron chi connectivity index (χ0n) is 17.0. The lowest BCUT2D eigenvalue weighted by Gasteiger charge is -2.13. The van der Waals surface area contributed by atoms with E-state index in [-0.39, 0.29) is 5.92 Å². The Morgan fingerprint density at radius 3 is 2.33 bits per heavy atom. The maximum Gasteiger partial charge on any atom is 0.306 e. The molecule has 1 unspecified atom stereocenters. The van der Waals surface area contributed by atoms with Crippen molar-refractivity contribution >= 4 is 5.97 Å².